The van der Waals surface area contributed by atoms with Crippen LogP contribution in [0.1, 0.15) is 35.2 Å². The second kappa shape index (κ2) is 10.0. The topological polar surface area (TPSA) is 111 Å². The van der Waals surface area contributed by atoms with Crippen molar-refractivity contribution in [3.8, 4) is 0 Å². The van der Waals surface area contributed by atoms with Crippen LogP contribution in [-0.2, 0) is 9.53 Å². The molecule has 0 saturated heterocycles. The van der Waals surface area contributed by atoms with Crippen molar-refractivity contribution >= 4 is 23.3 Å². The van der Waals surface area contributed by atoms with Gasteiger partial charge >= 0.3 is 5.97 Å². The summed E-state index contributed by atoms with van der Waals surface area (Å²) >= 11 is 0. The highest BCUT2D eigenvalue weighted by Gasteiger charge is 2.10. The maximum absolute atomic E-state index is 12.0. The van der Waals surface area contributed by atoms with Crippen molar-refractivity contribution in [3.63, 3.8) is 0 Å². The number of esters is 1. The fraction of sp³-hybridized carbons (Fsp3) is 0.316. The first-order chi connectivity index (χ1) is 13.0. The monoisotopic (exact) mass is 371 g/mol. The molecule has 0 amide bonds. The van der Waals surface area contributed by atoms with Crippen LogP contribution < -0.4 is 5.32 Å². The van der Waals surface area contributed by atoms with E-state index in [9.17, 15) is 19.7 Å². The van der Waals surface area contributed by atoms with Gasteiger partial charge < -0.3 is 10.1 Å². The number of rotatable bonds is 10. The maximum Gasteiger partial charge on any atom is 0.306 e. The number of aromatic nitrogens is 1. The SMILES string of the molecule is Cc1ccc(C(=O)CCC(=O)OCCCNc2ccc([N+](=O)[O-])cn2)cc1. The summed E-state index contributed by atoms with van der Waals surface area (Å²) in [5, 5.41) is 13.5. The van der Waals surface area contributed by atoms with E-state index >= 15 is 0 Å². The van der Waals surface area contributed by atoms with Crippen molar-refractivity contribution in [1.29, 1.82) is 0 Å². The first-order valence-corrected chi connectivity index (χ1v) is 8.55. The average molecular weight is 371 g/mol. The maximum atomic E-state index is 12.0. The summed E-state index contributed by atoms with van der Waals surface area (Å²) in [4.78, 5) is 37.6. The van der Waals surface area contributed by atoms with Crippen molar-refractivity contribution < 1.29 is 19.2 Å². The summed E-state index contributed by atoms with van der Waals surface area (Å²) in [6, 6.07) is 10.1. The Balaban J connectivity index is 1.59. The molecule has 1 heterocycles. The van der Waals surface area contributed by atoms with Gasteiger partial charge in [-0.1, -0.05) is 29.8 Å². The predicted octanol–water partition coefficient (Wildman–Crippen LogP) is 3.31. The number of hydrogen-bond donors (Lipinski definition) is 1. The normalized spacial score (nSPS) is 10.3. The Bertz CT molecular complexity index is 788. The Hall–Kier alpha value is -3.29. The lowest BCUT2D eigenvalue weighted by molar-refractivity contribution is -0.385. The number of benzene rings is 1. The van der Waals surface area contributed by atoms with Crippen molar-refractivity contribution in [2.45, 2.75) is 26.2 Å². The zero-order chi connectivity index (χ0) is 19.6. The van der Waals surface area contributed by atoms with Crippen molar-refractivity contribution in [3.05, 3.63) is 63.8 Å². The molecule has 142 valence electrons. The molecule has 2 rings (SSSR count). The van der Waals surface area contributed by atoms with E-state index in [2.05, 4.69) is 10.3 Å². The molecule has 0 unspecified atom stereocenters. The highest BCUT2D eigenvalue weighted by Crippen LogP contribution is 2.11. The van der Waals surface area contributed by atoms with Gasteiger partial charge in [-0.25, -0.2) is 4.98 Å². The number of carbonyl (C=O) groups is 2. The number of nitro groups is 1. The van der Waals surface area contributed by atoms with Gasteiger partial charge in [0.2, 0.25) is 0 Å². The van der Waals surface area contributed by atoms with Crippen molar-refractivity contribution in [2.75, 3.05) is 18.5 Å². The van der Waals surface area contributed by atoms with E-state index in [-0.39, 0.29) is 30.9 Å². The minimum atomic E-state index is -0.514. The molecule has 1 aromatic heterocycles. The highest BCUT2D eigenvalue weighted by molar-refractivity contribution is 5.97. The molecule has 0 bridgehead atoms. The van der Waals surface area contributed by atoms with Gasteiger partial charge in [-0.15, -0.1) is 0 Å². The van der Waals surface area contributed by atoms with Crippen LogP contribution in [0.3, 0.4) is 0 Å². The Morgan fingerprint density at radius 3 is 2.52 bits per heavy atom. The summed E-state index contributed by atoms with van der Waals surface area (Å²) in [5.41, 5.74) is 1.59. The third-order valence-electron chi connectivity index (χ3n) is 3.78. The summed E-state index contributed by atoms with van der Waals surface area (Å²) in [6.07, 6.45) is 1.89. The Labute approximate surface area is 156 Å². The van der Waals surface area contributed by atoms with Crippen LogP contribution in [0.25, 0.3) is 0 Å². The smallest absolute Gasteiger partial charge is 0.306 e. The van der Waals surface area contributed by atoms with Gasteiger partial charge in [0.05, 0.1) is 18.0 Å². The number of ether oxygens (including phenoxy) is 1. The van der Waals surface area contributed by atoms with Crippen molar-refractivity contribution in [1.82, 2.24) is 4.98 Å². The standard InChI is InChI=1S/C19H21N3O5/c1-14-3-5-15(6-4-14)17(23)8-10-19(24)27-12-2-11-20-18-9-7-16(13-21-18)22(25)26/h3-7,9,13H,2,8,10-12H2,1H3,(H,20,21). The molecule has 8 nitrogen and oxygen atoms in total. The van der Waals surface area contributed by atoms with E-state index in [1.807, 2.05) is 19.1 Å². The summed E-state index contributed by atoms with van der Waals surface area (Å²) < 4.78 is 5.10. The molecule has 0 atom stereocenters. The van der Waals surface area contributed by atoms with Gasteiger partial charge in [0.15, 0.2) is 5.78 Å². The average Bonchev–Trinajstić information content (AvgIpc) is 2.66. The molecule has 0 radical (unpaired) electrons. The van der Waals surface area contributed by atoms with Gasteiger partial charge in [0.1, 0.15) is 12.0 Å². The number of nitrogens with one attached hydrogen (secondary N) is 1. The molecule has 27 heavy (non-hydrogen) atoms. The number of hydrogen-bond acceptors (Lipinski definition) is 7. The molecule has 8 heteroatoms. The number of Topliss-reactive ketones (excluding diaryl/α,β-unsaturated/α-hetero) is 1. The van der Waals surface area contributed by atoms with E-state index in [4.69, 9.17) is 4.74 Å². The number of ketones is 1. The largest absolute Gasteiger partial charge is 0.466 e. The summed E-state index contributed by atoms with van der Waals surface area (Å²) in [5.74, 6) is 0.0115. The molecule has 0 fully saturated rings. The van der Waals surface area contributed by atoms with Crippen LogP contribution in [-0.4, -0.2) is 34.8 Å². The zero-order valence-electron chi connectivity index (χ0n) is 15.0. The minimum absolute atomic E-state index is 0.0457. The predicted molar refractivity (Wildman–Crippen MR) is 99.7 cm³/mol. The summed E-state index contributed by atoms with van der Waals surface area (Å²) in [7, 11) is 0. The van der Waals surface area contributed by atoms with Gasteiger partial charge in [0.25, 0.3) is 5.69 Å². The van der Waals surface area contributed by atoms with Gasteiger partial charge in [-0.3, -0.25) is 19.7 Å². The van der Waals surface area contributed by atoms with E-state index < -0.39 is 10.9 Å². The Morgan fingerprint density at radius 1 is 1.15 bits per heavy atom. The molecular formula is C19H21N3O5. The second-order valence-electron chi connectivity index (χ2n) is 5.95. The van der Waals surface area contributed by atoms with Crippen LogP contribution in [0.5, 0.6) is 0 Å². The quantitative estimate of drug-likeness (QED) is 0.224. The number of pyridine rings is 1. The fourth-order valence-electron chi connectivity index (χ4n) is 2.24. The minimum Gasteiger partial charge on any atom is -0.466 e. The first-order valence-electron chi connectivity index (χ1n) is 8.55. The number of aryl methyl sites for hydroxylation is 1. The third kappa shape index (κ3) is 6.85. The molecule has 2 aromatic rings. The van der Waals surface area contributed by atoms with E-state index in [0.29, 0.717) is 24.3 Å². The highest BCUT2D eigenvalue weighted by atomic mass is 16.6. The molecule has 0 aliphatic carbocycles. The Morgan fingerprint density at radius 2 is 1.89 bits per heavy atom. The molecule has 0 spiro atoms. The summed E-state index contributed by atoms with van der Waals surface area (Å²) in [6.45, 7) is 2.66. The van der Waals surface area contributed by atoms with Crippen LogP contribution in [0.4, 0.5) is 11.5 Å². The van der Waals surface area contributed by atoms with Crippen LogP contribution >= 0.6 is 0 Å². The van der Waals surface area contributed by atoms with Crippen LogP contribution in [0.2, 0.25) is 0 Å². The number of anilines is 1. The van der Waals surface area contributed by atoms with Gasteiger partial charge in [0, 0.05) is 24.6 Å². The molecule has 1 aromatic carbocycles. The second-order valence-corrected chi connectivity index (χ2v) is 5.95. The van der Waals surface area contributed by atoms with E-state index in [1.165, 1.54) is 18.3 Å². The first kappa shape index (κ1) is 20.0. The van der Waals surface area contributed by atoms with E-state index in [1.54, 1.807) is 12.1 Å². The number of carbonyl (C=O) groups excluding carboxylic acids is 2. The molecule has 0 aliphatic rings. The lowest BCUT2D eigenvalue weighted by Crippen LogP contribution is -2.12. The van der Waals surface area contributed by atoms with Crippen LogP contribution in [0, 0.1) is 17.0 Å². The fourth-order valence-corrected chi connectivity index (χ4v) is 2.24. The molecule has 1 N–H and O–H groups in total. The zero-order valence-corrected chi connectivity index (χ0v) is 15.0. The lowest BCUT2D eigenvalue weighted by atomic mass is 10.1. The molecule has 0 aliphatic heterocycles. The lowest BCUT2D eigenvalue weighted by Gasteiger charge is -2.07. The molecular weight excluding hydrogens is 350 g/mol. The molecule has 0 saturated carbocycles. The van der Waals surface area contributed by atoms with Crippen LogP contribution in [0.15, 0.2) is 42.6 Å². The van der Waals surface area contributed by atoms with E-state index in [0.717, 1.165) is 5.56 Å². The van der Waals surface area contributed by atoms with Crippen molar-refractivity contribution in [2.24, 2.45) is 0 Å². The Kier molecular flexibility index (Phi) is 7.42. The number of nitrogens with zero attached hydrogens (tertiary/aromatic N) is 2. The van der Waals surface area contributed by atoms with Gasteiger partial charge in [-0.05, 0) is 19.4 Å². The van der Waals surface area contributed by atoms with Gasteiger partial charge in [-0.2, -0.15) is 0 Å². The third-order valence-corrected chi connectivity index (χ3v) is 3.78.